The Hall–Kier alpha value is -3.38. The molecule has 0 atom stereocenters. The van der Waals surface area contributed by atoms with Gasteiger partial charge >= 0.3 is 0 Å². The molecule has 3 aromatic carbocycles. The summed E-state index contributed by atoms with van der Waals surface area (Å²) in [6.45, 7) is 0. The number of carbonyl (C=O) groups excluding carboxylic acids is 1. The Balaban J connectivity index is 1.53. The molecule has 1 heterocycles. The zero-order chi connectivity index (χ0) is 18.8. The van der Waals surface area contributed by atoms with Gasteiger partial charge in [0.1, 0.15) is 10.8 Å². The molecule has 4 rings (SSSR count). The Morgan fingerprint density at radius 2 is 1.78 bits per heavy atom. The molecule has 0 saturated carbocycles. The third-order valence-corrected chi connectivity index (χ3v) is 5.23. The van der Waals surface area contributed by atoms with Crippen molar-refractivity contribution in [3.8, 4) is 16.3 Å². The molecule has 1 aromatic heterocycles. The Morgan fingerprint density at radius 3 is 2.48 bits per heavy atom. The Kier molecular flexibility index (Phi) is 4.48. The van der Waals surface area contributed by atoms with E-state index in [1.165, 1.54) is 0 Å². The number of thiazole rings is 1. The van der Waals surface area contributed by atoms with Crippen molar-refractivity contribution in [2.45, 2.75) is 0 Å². The lowest BCUT2D eigenvalue weighted by Gasteiger charge is -2.06. The number of carbonyl (C=O) groups is 1. The molecule has 3 N–H and O–H groups in total. The molecule has 0 aliphatic heterocycles. The molecule has 0 aliphatic carbocycles. The summed E-state index contributed by atoms with van der Waals surface area (Å²) >= 11 is 1.61. The lowest BCUT2D eigenvalue weighted by molar-refractivity contribution is 0.102. The minimum Gasteiger partial charge on any atom is -0.497 e. The van der Waals surface area contributed by atoms with Crippen molar-refractivity contribution in [1.29, 1.82) is 0 Å². The number of nitrogens with one attached hydrogen (secondary N) is 1. The predicted molar refractivity (Wildman–Crippen MR) is 110 cm³/mol. The van der Waals surface area contributed by atoms with E-state index >= 15 is 0 Å². The van der Waals surface area contributed by atoms with Crippen molar-refractivity contribution >= 4 is 38.8 Å². The van der Waals surface area contributed by atoms with Crippen LogP contribution in [-0.4, -0.2) is 18.0 Å². The first kappa shape index (κ1) is 17.1. The van der Waals surface area contributed by atoms with Crippen molar-refractivity contribution in [3.05, 3.63) is 72.3 Å². The van der Waals surface area contributed by atoms with E-state index in [1.54, 1.807) is 42.7 Å². The number of nitrogens with zero attached hydrogens (tertiary/aromatic N) is 1. The zero-order valence-electron chi connectivity index (χ0n) is 14.6. The summed E-state index contributed by atoms with van der Waals surface area (Å²) in [5.41, 5.74) is 9.51. The van der Waals surface area contributed by atoms with E-state index in [-0.39, 0.29) is 5.91 Å². The summed E-state index contributed by atoms with van der Waals surface area (Å²) < 4.78 is 6.34. The third kappa shape index (κ3) is 3.61. The maximum Gasteiger partial charge on any atom is 0.255 e. The SMILES string of the molecule is COc1ccc2nc(-c3ccc(NC(=O)c4ccc(N)cc4)cc3)sc2c1. The lowest BCUT2D eigenvalue weighted by Crippen LogP contribution is -2.11. The number of rotatable bonds is 4. The molecule has 4 aromatic rings. The predicted octanol–water partition coefficient (Wildman–Crippen LogP) is 4.81. The van der Waals surface area contributed by atoms with Crippen molar-refractivity contribution in [1.82, 2.24) is 4.98 Å². The van der Waals surface area contributed by atoms with E-state index in [2.05, 4.69) is 10.3 Å². The minimum absolute atomic E-state index is 0.171. The van der Waals surface area contributed by atoms with E-state index < -0.39 is 0 Å². The van der Waals surface area contributed by atoms with Gasteiger partial charge in [0.2, 0.25) is 0 Å². The highest BCUT2D eigenvalue weighted by Crippen LogP contribution is 2.32. The summed E-state index contributed by atoms with van der Waals surface area (Å²) in [5, 5.41) is 3.81. The van der Waals surface area contributed by atoms with Crippen LogP contribution in [0.1, 0.15) is 10.4 Å². The van der Waals surface area contributed by atoms with Crippen LogP contribution >= 0.6 is 11.3 Å². The molecule has 134 valence electrons. The van der Waals surface area contributed by atoms with Gasteiger partial charge in [0, 0.05) is 22.5 Å². The average molecular weight is 375 g/mol. The van der Waals surface area contributed by atoms with E-state index in [0.717, 1.165) is 32.2 Å². The number of hydrogen-bond donors (Lipinski definition) is 2. The monoisotopic (exact) mass is 375 g/mol. The van der Waals surface area contributed by atoms with Crippen LogP contribution in [-0.2, 0) is 0 Å². The van der Waals surface area contributed by atoms with Crippen molar-refractivity contribution in [3.63, 3.8) is 0 Å². The number of hydrogen-bond acceptors (Lipinski definition) is 5. The summed E-state index contributed by atoms with van der Waals surface area (Å²) in [5.74, 6) is 0.647. The fourth-order valence-corrected chi connectivity index (χ4v) is 3.69. The van der Waals surface area contributed by atoms with Gasteiger partial charge in [-0.05, 0) is 66.7 Å². The van der Waals surface area contributed by atoms with Gasteiger partial charge in [0.25, 0.3) is 5.91 Å². The zero-order valence-corrected chi connectivity index (χ0v) is 15.4. The molecule has 0 bridgehead atoms. The molecular formula is C21H17N3O2S. The van der Waals surface area contributed by atoms with Gasteiger partial charge in [-0.15, -0.1) is 11.3 Å². The molecule has 5 nitrogen and oxygen atoms in total. The van der Waals surface area contributed by atoms with E-state index in [4.69, 9.17) is 10.5 Å². The number of amides is 1. The number of benzene rings is 3. The fraction of sp³-hybridized carbons (Fsp3) is 0.0476. The number of nitrogens with two attached hydrogens (primary N) is 1. The first-order valence-electron chi connectivity index (χ1n) is 8.34. The highest BCUT2D eigenvalue weighted by Gasteiger charge is 2.09. The van der Waals surface area contributed by atoms with Crippen molar-refractivity contribution in [2.24, 2.45) is 0 Å². The molecule has 0 saturated heterocycles. The largest absolute Gasteiger partial charge is 0.497 e. The molecule has 0 unspecified atom stereocenters. The van der Waals surface area contributed by atoms with Crippen LogP contribution < -0.4 is 15.8 Å². The molecule has 6 heteroatoms. The normalized spacial score (nSPS) is 10.7. The Bertz CT molecular complexity index is 1100. The summed E-state index contributed by atoms with van der Waals surface area (Å²) in [6.07, 6.45) is 0. The summed E-state index contributed by atoms with van der Waals surface area (Å²) in [4.78, 5) is 17.0. The first-order valence-corrected chi connectivity index (χ1v) is 9.16. The van der Waals surface area contributed by atoms with Crippen LogP contribution in [0.15, 0.2) is 66.7 Å². The van der Waals surface area contributed by atoms with Gasteiger partial charge in [0.05, 0.1) is 17.3 Å². The number of aromatic nitrogens is 1. The molecular weight excluding hydrogens is 358 g/mol. The molecule has 0 spiro atoms. The maximum atomic E-state index is 12.3. The van der Waals surface area contributed by atoms with E-state index in [9.17, 15) is 4.79 Å². The molecule has 0 fully saturated rings. The number of anilines is 2. The van der Waals surface area contributed by atoms with Crippen LogP contribution in [0.25, 0.3) is 20.8 Å². The highest BCUT2D eigenvalue weighted by molar-refractivity contribution is 7.21. The lowest BCUT2D eigenvalue weighted by atomic mass is 10.1. The minimum atomic E-state index is -0.171. The second-order valence-corrected chi connectivity index (χ2v) is 7.04. The standard InChI is InChI=1S/C21H17N3O2S/c1-26-17-10-11-18-19(12-17)27-21(24-18)14-4-8-16(9-5-14)23-20(25)13-2-6-15(22)7-3-13/h2-12H,22H2,1H3,(H,23,25). The van der Waals surface area contributed by atoms with E-state index in [1.807, 2.05) is 42.5 Å². The van der Waals surface area contributed by atoms with Crippen molar-refractivity contribution < 1.29 is 9.53 Å². The number of nitrogen functional groups attached to an aromatic ring is 1. The van der Waals surface area contributed by atoms with Gasteiger partial charge in [-0.3, -0.25) is 4.79 Å². The van der Waals surface area contributed by atoms with Crippen LogP contribution in [0.4, 0.5) is 11.4 Å². The molecule has 0 aliphatic rings. The first-order chi connectivity index (χ1) is 13.1. The Labute approximate surface area is 160 Å². The summed E-state index contributed by atoms with van der Waals surface area (Å²) in [6, 6.07) is 20.3. The van der Waals surface area contributed by atoms with Gasteiger partial charge < -0.3 is 15.8 Å². The number of ether oxygens (including phenoxy) is 1. The van der Waals surface area contributed by atoms with Crippen LogP contribution in [0.3, 0.4) is 0 Å². The van der Waals surface area contributed by atoms with Gasteiger partial charge in [0.15, 0.2) is 0 Å². The molecule has 1 amide bonds. The average Bonchev–Trinajstić information content (AvgIpc) is 3.12. The van der Waals surface area contributed by atoms with Crippen LogP contribution in [0.5, 0.6) is 5.75 Å². The van der Waals surface area contributed by atoms with Crippen molar-refractivity contribution in [2.75, 3.05) is 18.2 Å². The number of fused-ring (bicyclic) bond motifs is 1. The summed E-state index contributed by atoms with van der Waals surface area (Å²) in [7, 11) is 1.65. The van der Waals surface area contributed by atoms with Gasteiger partial charge in [-0.25, -0.2) is 4.98 Å². The second kappa shape index (κ2) is 7.09. The number of methoxy groups -OCH3 is 1. The second-order valence-electron chi connectivity index (χ2n) is 6.01. The molecule has 27 heavy (non-hydrogen) atoms. The smallest absolute Gasteiger partial charge is 0.255 e. The fourth-order valence-electron chi connectivity index (χ4n) is 2.69. The van der Waals surface area contributed by atoms with Gasteiger partial charge in [-0.1, -0.05) is 0 Å². The van der Waals surface area contributed by atoms with E-state index in [0.29, 0.717) is 11.3 Å². The Morgan fingerprint density at radius 1 is 1.04 bits per heavy atom. The van der Waals surface area contributed by atoms with Crippen LogP contribution in [0.2, 0.25) is 0 Å². The quantitative estimate of drug-likeness (QED) is 0.502. The third-order valence-electron chi connectivity index (χ3n) is 4.16. The topological polar surface area (TPSA) is 77.2 Å². The van der Waals surface area contributed by atoms with Crippen LogP contribution in [0, 0.1) is 0 Å². The maximum absolute atomic E-state index is 12.3. The molecule has 0 radical (unpaired) electrons. The highest BCUT2D eigenvalue weighted by atomic mass is 32.1. The van der Waals surface area contributed by atoms with Gasteiger partial charge in [-0.2, -0.15) is 0 Å².